The quantitative estimate of drug-likeness (QED) is 0.188. The third-order valence-corrected chi connectivity index (χ3v) is 12.1. The van der Waals surface area contributed by atoms with Crippen LogP contribution < -0.4 is 16.4 Å². The molecule has 0 saturated heterocycles. The minimum Gasteiger partial charge on any atom is -0.397 e. The van der Waals surface area contributed by atoms with Gasteiger partial charge in [-0.1, -0.05) is 57.2 Å². The number of benzene rings is 2. The molecule has 4 aromatic rings. The number of aromatic nitrogens is 3. The molecular weight excluding hydrogens is 520 g/mol. The molecule has 2 aromatic carbocycles. The molecule has 0 aliphatic carbocycles. The van der Waals surface area contributed by atoms with Crippen LogP contribution in [-0.2, 0) is 17.5 Å². The number of fused-ring (bicyclic) bond motifs is 1. The van der Waals surface area contributed by atoms with Crippen molar-refractivity contribution in [1.29, 1.82) is 0 Å². The third kappa shape index (κ3) is 7.19. The van der Waals surface area contributed by atoms with Gasteiger partial charge >= 0.3 is 6.03 Å². The Morgan fingerprint density at radius 1 is 1.10 bits per heavy atom. The van der Waals surface area contributed by atoms with Crippen LogP contribution >= 0.6 is 0 Å². The number of carbonyl (C=O) groups is 2. The molecular formula is C30H40N6O3Si. The number of rotatable bonds is 11. The Morgan fingerprint density at radius 3 is 2.52 bits per heavy atom. The lowest BCUT2D eigenvalue weighted by atomic mass is 10.2. The minimum atomic E-state index is -2.10. The van der Waals surface area contributed by atoms with Gasteiger partial charge in [-0.3, -0.25) is 4.79 Å². The number of primary amides is 1. The summed E-state index contributed by atoms with van der Waals surface area (Å²) in [5, 5.41) is 6.98. The Bertz CT molecular complexity index is 1460. The second-order valence-corrected chi connectivity index (χ2v) is 16.4. The first kappa shape index (κ1) is 29.1. The molecule has 0 bridgehead atoms. The molecule has 0 fully saturated rings. The molecule has 0 aliphatic heterocycles. The largest absolute Gasteiger partial charge is 0.397 e. The number of carbonyl (C=O) groups excluding carboxylic acids is 2. The van der Waals surface area contributed by atoms with E-state index in [1.807, 2.05) is 53.1 Å². The van der Waals surface area contributed by atoms with Crippen molar-refractivity contribution in [2.45, 2.75) is 71.1 Å². The zero-order chi connectivity index (χ0) is 28.9. The lowest BCUT2D eigenvalue weighted by Gasteiger charge is -2.39. The Morgan fingerprint density at radius 2 is 1.85 bits per heavy atom. The topological polar surface area (TPSA) is 116 Å². The van der Waals surface area contributed by atoms with Gasteiger partial charge in [0.05, 0.1) is 11.8 Å². The fraction of sp³-hybridized carbons (Fsp3) is 0.367. The summed E-state index contributed by atoms with van der Waals surface area (Å²) in [7, 11) is -2.10. The first-order valence-corrected chi connectivity index (χ1v) is 16.5. The number of hydrogen-bond donors (Lipinski definition) is 3. The van der Waals surface area contributed by atoms with Crippen LogP contribution in [0.15, 0.2) is 73.3 Å². The van der Waals surface area contributed by atoms with Crippen molar-refractivity contribution in [3.8, 4) is 0 Å². The van der Waals surface area contributed by atoms with Crippen molar-refractivity contribution in [3.05, 3.63) is 84.6 Å². The van der Waals surface area contributed by atoms with Gasteiger partial charge in [-0.25, -0.2) is 9.78 Å². The highest BCUT2D eigenvalue weighted by molar-refractivity contribution is 6.74. The van der Waals surface area contributed by atoms with E-state index in [2.05, 4.69) is 66.3 Å². The first-order valence-electron chi connectivity index (χ1n) is 13.6. The summed E-state index contributed by atoms with van der Waals surface area (Å²) in [6, 6.07) is 17.6. The monoisotopic (exact) mass is 560 g/mol. The van der Waals surface area contributed by atoms with Crippen molar-refractivity contribution >= 4 is 36.8 Å². The zero-order valence-corrected chi connectivity index (χ0v) is 25.0. The van der Waals surface area contributed by atoms with E-state index in [4.69, 9.17) is 10.2 Å². The molecule has 0 aliphatic rings. The molecule has 3 amide bonds. The molecule has 1 atom stereocenters. The van der Waals surface area contributed by atoms with E-state index in [0.29, 0.717) is 6.54 Å². The van der Waals surface area contributed by atoms with Gasteiger partial charge in [0.15, 0.2) is 8.32 Å². The molecule has 212 valence electrons. The lowest BCUT2D eigenvalue weighted by Crippen LogP contribution is -2.42. The Labute approximate surface area is 236 Å². The summed E-state index contributed by atoms with van der Waals surface area (Å²) in [4.78, 5) is 28.3. The third-order valence-electron chi connectivity index (χ3n) is 7.60. The summed E-state index contributed by atoms with van der Waals surface area (Å²) in [6.07, 6.45) is 6.68. The maximum atomic E-state index is 12.5. The smallest absolute Gasteiger partial charge is 0.319 e. The standard InChI is InChI=1S/C30H40N6O3Si/c1-30(2,3)40(4,5)39-27(36-20-25(28(31)37)33-21-36)12-9-16-35-17-15-23-13-14-24(18-26(23)35)34-29(38)32-19-22-10-7-6-8-11-22/h6-8,10-11,13-15,17-18,20-21,27H,9,12,16,19H2,1-5H3,(H2,31,37)(H2,32,34,38)/t27-/m1/s1. The lowest BCUT2D eigenvalue weighted by molar-refractivity contribution is 0.0984. The fourth-order valence-electron chi connectivity index (χ4n) is 4.25. The SMILES string of the molecule is CC(C)(C)[Si](C)(C)O[C@H](CCCn1ccc2ccc(NC(=O)NCc3ccccc3)cc21)n1cnc(C(N)=O)c1. The van der Waals surface area contributed by atoms with Crippen molar-refractivity contribution in [2.24, 2.45) is 5.73 Å². The molecule has 2 aromatic heterocycles. The Kier molecular flexibility index (Phi) is 8.80. The van der Waals surface area contributed by atoms with Gasteiger partial charge in [0.1, 0.15) is 11.9 Å². The predicted octanol–water partition coefficient (Wildman–Crippen LogP) is 6.26. The van der Waals surface area contributed by atoms with Crippen molar-refractivity contribution in [2.75, 3.05) is 5.32 Å². The van der Waals surface area contributed by atoms with E-state index in [0.717, 1.165) is 41.5 Å². The second kappa shape index (κ2) is 12.1. The van der Waals surface area contributed by atoms with Gasteiger partial charge in [0, 0.05) is 31.2 Å². The fourth-order valence-corrected chi connectivity index (χ4v) is 5.53. The highest BCUT2D eigenvalue weighted by Crippen LogP contribution is 2.39. The summed E-state index contributed by atoms with van der Waals surface area (Å²) in [5.41, 5.74) is 8.49. The maximum absolute atomic E-state index is 12.5. The van der Waals surface area contributed by atoms with E-state index in [1.165, 1.54) is 0 Å². The van der Waals surface area contributed by atoms with Gasteiger partial charge in [0.2, 0.25) is 0 Å². The van der Waals surface area contributed by atoms with Crippen molar-refractivity contribution < 1.29 is 14.0 Å². The number of urea groups is 1. The number of nitrogens with two attached hydrogens (primary N) is 1. The van der Waals surface area contributed by atoms with Crippen molar-refractivity contribution in [3.63, 3.8) is 0 Å². The molecule has 0 spiro atoms. The Balaban J connectivity index is 1.42. The molecule has 0 unspecified atom stereocenters. The highest BCUT2D eigenvalue weighted by atomic mass is 28.4. The van der Waals surface area contributed by atoms with Gasteiger partial charge in [-0.2, -0.15) is 0 Å². The maximum Gasteiger partial charge on any atom is 0.319 e. The van der Waals surface area contributed by atoms with E-state index < -0.39 is 14.2 Å². The number of hydrogen-bond acceptors (Lipinski definition) is 4. The van der Waals surface area contributed by atoms with Crippen LogP contribution in [0.4, 0.5) is 10.5 Å². The van der Waals surface area contributed by atoms with Crippen LogP contribution in [0.25, 0.3) is 10.9 Å². The number of anilines is 1. The van der Waals surface area contributed by atoms with Gasteiger partial charge in [0.25, 0.3) is 5.91 Å². The zero-order valence-electron chi connectivity index (χ0n) is 24.0. The number of amides is 3. The number of nitrogens with one attached hydrogen (secondary N) is 2. The average molecular weight is 561 g/mol. The summed E-state index contributed by atoms with van der Waals surface area (Å²) in [5.74, 6) is -0.554. The van der Waals surface area contributed by atoms with Crippen LogP contribution in [0, 0.1) is 0 Å². The van der Waals surface area contributed by atoms with Crippen LogP contribution in [-0.4, -0.2) is 34.4 Å². The molecule has 10 heteroatoms. The predicted molar refractivity (Wildman–Crippen MR) is 162 cm³/mol. The van der Waals surface area contributed by atoms with Crippen LogP contribution in [0.3, 0.4) is 0 Å². The van der Waals surface area contributed by atoms with Crippen molar-refractivity contribution in [1.82, 2.24) is 19.4 Å². The molecule has 0 radical (unpaired) electrons. The minimum absolute atomic E-state index is 0.0335. The normalized spacial score (nSPS) is 12.8. The van der Waals surface area contributed by atoms with E-state index in [9.17, 15) is 9.59 Å². The van der Waals surface area contributed by atoms with Gasteiger partial charge in [-0.05, 0) is 60.1 Å². The second-order valence-electron chi connectivity index (χ2n) is 11.6. The number of imidazole rings is 1. The molecule has 4 rings (SSSR count). The van der Waals surface area contributed by atoms with Gasteiger partial charge in [-0.15, -0.1) is 0 Å². The molecule has 4 N–H and O–H groups in total. The molecule has 9 nitrogen and oxygen atoms in total. The summed E-state index contributed by atoms with van der Waals surface area (Å²) < 4.78 is 10.8. The van der Waals surface area contributed by atoms with E-state index >= 15 is 0 Å². The van der Waals surface area contributed by atoms with Gasteiger partial charge < -0.3 is 29.9 Å². The summed E-state index contributed by atoms with van der Waals surface area (Å²) in [6.45, 7) is 12.3. The van der Waals surface area contributed by atoms with E-state index in [-0.39, 0.29) is 23.0 Å². The number of aryl methyl sites for hydroxylation is 1. The van der Waals surface area contributed by atoms with E-state index in [1.54, 1.807) is 12.5 Å². The molecule has 0 saturated carbocycles. The first-order chi connectivity index (χ1) is 18.9. The summed E-state index contributed by atoms with van der Waals surface area (Å²) >= 11 is 0. The molecule has 40 heavy (non-hydrogen) atoms. The highest BCUT2D eigenvalue weighted by Gasteiger charge is 2.39. The molecule has 2 heterocycles. The Hall–Kier alpha value is -3.89. The van der Waals surface area contributed by atoms with Crippen LogP contribution in [0.2, 0.25) is 18.1 Å². The number of nitrogens with zero attached hydrogens (tertiary/aromatic N) is 3. The van der Waals surface area contributed by atoms with Crippen LogP contribution in [0.1, 0.15) is 55.9 Å². The van der Waals surface area contributed by atoms with Crippen LogP contribution in [0.5, 0.6) is 0 Å². The average Bonchev–Trinajstić information content (AvgIpc) is 3.55.